The summed E-state index contributed by atoms with van der Waals surface area (Å²) in [6.07, 6.45) is 3.67. The minimum absolute atomic E-state index is 0.150. The summed E-state index contributed by atoms with van der Waals surface area (Å²) in [5.41, 5.74) is 0.999. The number of nitrogens with one attached hydrogen (secondary N) is 1. The smallest absolute Gasteiger partial charge is 0.251 e. The van der Waals surface area contributed by atoms with Crippen molar-refractivity contribution in [2.24, 2.45) is 5.92 Å². The summed E-state index contributed by atoms with van der Waals surface area (Å²) in [5.74, 6) is -0.523. The van der Waals surface area contributed by atoms with Gasteiger partial charge in [0.15, 0.2) is 0 Å². The summed E-state index contributed by atoms with van der Waals surface area (Å²) in [7, 11) is 3.26. The Morgan fingerprint density at radius 2 is 1.56 bits per heavy atom. The van der Waals surface area contributed by atoms with Crippen LogP contribution in [0, 0.1) is 17.6 Å². The van der Waals surface area contributed by atoms with Crippen LogP contribution in [0.1, 0.15) is 35.2 Å². The van der Waals surface area contributed by atoms with Crippen molar-refractivity contribution in [3.63, 3.8) is 0 Å². The molecule has 1 fully saturated rings. The van der Waals surface area contributed by atoms with Gasteiger partial charge in [0.2, 0.25) is 5.91 Å². The van der Waals surface area contributed by atoms with E-state index in [1.165, 1.54) is 0 Å². The van der Waals surface area contributed by atoms with Gasteiger partial charge in [-0.2, -0.15) is 0 Å². The zero-order valence-corrected chi connectivity index (χ0v) is 18.3. The summed E-state index contributed by atoms with van der Waals surface area (Å²) in [6.45, 7) is 1.04. The van der Waals surface area contributed by atoms with Crippen molar-refractivity contribution in [1.29, 1.82) is 0 Å². The molecule has 1 N–H and O–H groups in total. The molecular formula is C24H28F2N2O4. The first-order valence-corrected chi connectivity index (χ1v) is 10.6. The van der Waals surface area contributed by atoms with E-state index in [2.05, 4.69) is 5.32 Å². The van der Waals surface area contributed by atoms with Crippen molar-refractivity contribution >= 4 is 11.8 Å². The third kappa shape index (κ3) is 6.42. The zero-order valence-electron chi connectivity index (χ0n) is 18.3. The van der Waals surface area contributed by atoms with Gasteiger partial charge in [0, 0.05) is 30.8 Å². The van der Waals surface area contributed by atoms with Crippen LogP contribution >= 0.6 is 0 Å². The number of halogens is 2. The normalized spacial score (nSPS) is 14.2. The molecule has 0 saturated carbocycles. The summed E-state index contributed by atoms with van der Waals surface area (Å²) in [6, 6.07) is 8.43. The number of amides is 2. The van der Waals surface area contributed by atoms with Gasteiger partial charge in [-0.15, -0.1) is 0 Å². The third-order valence-electron chi connectivity index (χ3n) is 5.74. The molecule has 0 aromatic heterocycles. The van der Waals surface area contributed by atoms with E-state index >= 15 is 0 Å². The van der Waals surface area contributed by atoms with Crippen molar-refractivity contribution in [3.05, 3.63) is 59.2 Å². The molecule has 1 heterocycles. The van der Waals surface area contributed by atoms with Crippen molar-refractivity contribution in [2.45, 2.75) is 25.7 Å². The first-order valence-electron chi connectivity index (χ1n) is 10.6. The second kappa shape index (κ2) is 10.9. The molecule has 2 aromatic carbocycles. The monoisotopic (exact) mass is 446 g/mol. The third-order valence-corrected chi connectivity index (χ3v) is 5.74. The average molecular weight is 446 g/mol. The molecule has 2 amide bonds. The van der Waals surface area contributed by atoms with Gasteiger partial charge in [-0.25, -0.2) is 8.78 Å². The van der Waals surface area contributed by atoms with Crippen LogP contribution in [0.25, 0.3) is 0 Å². The topological polar surface area (TPSA) is 67.9 Å². The van der Waals surface area contributed by atoms with E-state index in [0.717, 1.165) is 54.9 Å². The van der Waals surface area contributed by atoms with E-state index in [1.807, 2.05) is 18.2 Å². The van der Waals surface area contributed by atoms with E-state index in [0.29, 0.717) is 25.1 Å². The molecule has 0 radical (unpaired) electrons. The van der Waals surface area contributed by atoms with E-state index in [4.69, 9.17) is 9.47 Å². The van der Waals surface area contributed by atoms with E-state index in [1.54, 1.807) is 19.1 Å². The SMILES string of the molecule is COc1cc(CCC2CCN(C(=O)CNC(=O)c3cc(F)cc(F)c3)CC2)cc(OC)c1. The Hall–Kier alpha value is -3.16. The highest BCUT2D eigenvalue weighted by Gasteiger charge is 2.23. The minimum atomic E-state index is -0.837. The number of benzene rings is 2. The maximum absolute atomic E-state index is 13.3. The lowest BCUT2D eigenvalue weighted by molar-refractivity contribution is -0.131. The molecule has 0 spiro atoms. The average Bonchev–Trinajstić information content (AvgIpc) is 2.80. The van der Waals surface area contributed by atoms with Gasteiger partial charge in [-0.3, -0.25) is 9.59 Å². The number of methoxy groups -OCH3 is 2. The van der Waals surface area contributed by atoms with Gasteiger partial charge in [-0.05, 0) is 61.4 Å². The predicted octanol–water partition coefficient (Wildman–Crippen LogP) is 3.58. The van der Waals surface area contributed by atoms with E-state index in [-0.39, 0.29) is 18.0 Å². The number of likely N-dealkylation sites (tertiary alicyclic amines) is 1. The number of hydrogen-bond donors (Lipinski definition) is 1. The van der Waals surface area contributed by atoms with Gasteiger partial charge in [0.25, 0.3) is 5.91 Å². The fourth-order valence-corrected chi connectivity index (χ4v) is 3.91. The number of carbonyl (C=O) groups is 2. The fourth-order valence-electron chi connectivity index (χ4n) is 3.91. The number of piperidine rings is 1. The van der Waals surface area contributed by atoms with Crippen LogP contribution in [0.5, 0.6) is 11.5 Å². The Balaban J connectivity index is 1.43. The minimum Gasteiger partial charge on any atom is -0.497 e. The Bertz CT molecular complexity index is 917. The van der Waals surface area contributed by atoms with Crippen molar-refractivity contribution in [3.8, 4) is 11.5 Å². The number of ether oxygens (including phenoxy) is 2. The van der Waals surface area contributed by atoms with Crippen LogP contribution in [0.2, 0.25) is 0 Å². The maximum atomic E-state index is 13.3. The molecular weight excluding hydrogens is 418 g/mol. The largest absolute Gasteiger partial charge is 0.497 e. The Labute approximate surface area is 186 Å². The first-order chi connectivity index (χ1) is 15.4. The number of hydrogen-bond acceptors (Lipinski definition) is 4. The van der Waals surface area contributed by atoms with Gasteiger partial charge in [0.1, 0.15) is 23.1 Å². The van der Waals surface area contributed by atoms with E-state index in [9.17, 15) is 18.4 Å². The highest BCUT2D eigenvalue weighted by Crippen LogP contribution is 2.27. The number of aryl methyl sites for hydroxylation is 1. The van der Waals surface area contributed by atoms with Crippen LogP contribution in [0.15, 0.2) is 36.4 Å². The lowest BCUT2D eigenvalue weighted by Crippen LogP contribution is -2.44. The summed E-state index contributed by atoms with van der Waals surface area (Å²) >= 11 is 0. The summed E-state index contributed by atoms with van der Waals surface area (Å²) < 4.78 is 37.1. The molecule has 172 valence electrons. The van der Waals surface area contributed by atoms with Crippen LogP contribution in [-0.4, -0.2) is 50.6 Å². The molecule has 0 bridgehead atoms. The van der Waals surface area contributed by atoms with Gasteiger partial charge < -0.3 is 19.7 Å². The molecule has 1 saturated heterocycles. The van der Waals surface area contributed by atoms with Crippen LogP contribution < -0.4 is 14.8 Å². The van der Waals surface area contributed by atoms with Gasteiger partial charge >= 0.3 is 0 Å². The Morgan fingerprint density at radius 3 is 2.12 bits per heavy atom. The molecule has 1 aliphatic rings. The maximum Gasteiger partial charge on any atom is 0.251 e. The molecule has 6 nitrogen and oxygen atoms in total. The highest BCUT2D eigenvalue weighted by molar-refractivity contribution is 5.96. The van der Waals surface area contributed by atoms with Crippen LogP contribution in [-0.2, 0) is 11.2 Å². The Morgan fingerprint density at radius 1 is 0.969 bits per heavy atom. The quantitative estimate of drug-likeness (QED) is 0.673. The molecule has 32 heavy (non-hydrogen) atoms. The lowest BCUT2D eigenvalue weighted by atomic mass is 9.90. The fraction of sp³-hybridized carbons (Fsp3) is 0.417. The second-order valence-electron chi connectivity index (χ2n) is 7.92. The molecule has 0 aliphatic carbocycles. The van der Waals surface area contributed by atoms with Gasteiger partial charge in [0.05, 0.1) is 20.8 Å². The number of rotatable bonds is 8. The predicted molar refractivity (Wildman–Crippen MR) is 116 cm³/mol. The van der Waals surface area contributed by atoms with E-state index < -0.39 is 17.5 Å². The number of nitrogens with zero attached hydrogens (tertiary/aromatic N) is 1. The molecule has 0 unspecified atom stereocenters. The van der Waals surface area contributed by atoms with Crippen molar-refractivity contribution < 1.29 is 27.8 Å². The standard InChI is InChI=1S/C24H28F2N2O4/c1-31-21-9-17(10-22(14-21)32-2)4-3-16-5-7-28(8-6-16)23(29)15-27-24(30)18-11-19(25)13-20(26)12-18/h9-14,16H,3-8,15H2,1-2H3,(H,27,30). The highest BCUT2D eigenvalue weighted by atomic mass is 19.1. The molecule has 2 aromatic rings. The van der Waals surface area contributed by atoms with Crippen molar-refractivity contribution in [1.82, 2.24) is 10.2 Å². The van der Waals surface area contributed by atoms with Crippen LogP contribution in [0.4, 0.5) is 8.78 Å². The second-order valence-corrected chi connectivity index (χ2v) is 7.92. The van der Waals surface area contributed by atoms with Crippen molar-refractivity contribution in [2.75, 3.05) is 33.9 Å². The van der Waals surface area contributed by atoms with Gasteiger partial charge in [-0.1, -0.05) is 0 Å². The first kappa shape index (κ1) is 23.5. The molecule has 8 heteroatoms. The Kier molecular flexibility index (Phi) is 8.03. The molecule has 1 aliphatic heterocycles. The molecule has 3 rings (SSSR count). The zero-order chi connectivity index (χ0) is 23.1. The lowest BCUT2D eigenvalue weighted by Gasteiger charge is -2.32. The summed E-state index contributed by atoms with van der Waals surface area (Å²) in [5, 5.41) is 2.44. The number of carbonyl (C=O) groups excluding carboxylic acids is 2. The summed E-state index contributed by atoms with van der Waals surface area (Å²) in [4.78, 5) is 26.2. The molecule has 0 atom stereocenters. The van der Waals surface area contributed by atoms with Crippen LogP contribution in [0.3, 0.4) is 0 Å².